The van der Waals surface area contributed by atoms with E-state index >= 15 is 0 Å². The van der Waals surface area contributed by atoms with Gasteiger partial charge in [-0.05, 0) is 29.9 Å². The zero-order chi connectivity index (χ0) is 16.9. The molecule has 0 saturated heterocycles. The van der Waals surface area contributed by atoms with Gasteiger partial charge in [0.05, 0.1) is 6.42 Å². The fourth-order valence-corrected chi connectivity index (χ4v) is 1.92. The van der Waals surface area contributed by atoms with Crippen molar-refractivity contribution in [1.29, 1.82) is 0 Å². The van der Waals surface area contributed by atoms with E-state index in [-0.39, 0.29) is 23.8 Å². The fourth-order valence-electron chi connectivity index (χ4n) is 1.92. The summed E-state index contributed by atoms with van der Waals surface area (Å²) in [5, 5.41) is 11.5. The second-order valence-electron chi connectivity index (χ2n) is 6.47. The van der Waals surface area contributed by atoms with E-state index in [2.05, 4.69) is 5.32 Å². The average molecular weight is 313 g/mol. The fraction of sp³-hybridized carbons (Fsp3) is 0.500. The van der Waals surface area contributed by atoms with Gasteiger partial charge in [-0.3, -0.25) is 4.79 Å². The zero-order valence-corrected chi connectivity index (χ0v) is 13.0. The molecule has 0 bridgehead atoms. The minimum absolute atomic E-state index is 0.0267. The Morgan fingerprint density at radius 1 is 1.27 bits per heavy atom. The van der Waals surface area contributed by atoms with Crippen LogP contribution in [0, 0.1) is 17.0 Å². The average Bonchev–Trinajstić information content (AvgIpc) is 2.36. The quantitative estimate of drug-likeness (QED) is 0.848. The van der Waals surface area contributed by atoms with E-state index in [0.29, 0.717) is 12.5 Å². The van der Waals surface area contributed by atoms with Gasteiger partial charge in [-0.2, -0.15) is 0 Å². The van der Waals surface area contributed by atoms with Gasteiger partial charge in [0.25, 0.3) is 0 Å². The molecule has 1 atom stereocenters. The number of carboxylic acids is 1. The van der Waals surface area contributed by atoms with Crippen LogP contribution in [-0.2, 0) is 16.0 Å². The van der Waals surface area contributed by atoms with Crippen LogP contribution >= 0.6 is 0 Å². The highest BCUT2D eigenvalue weighted by atomic mass is 19.1. The van der Waals surface area contributed by atoms with Gasteiger partial charge in [-0.15, -0.1) is 0 Å². The molecule has 0 heterocycles. The van der Waals surface area contributed by atoms with Crippen molar-refractivity contribution in [3.63, 3.8) is 0 Å². The van der Waals surface area contributed by atoms with Crippen molar-refractivity contribution >= 4 is 11.9 Å². The summed E-state index contributed by atoms with van der Waals surface area (Å²) in [7, 11) is 0. The van der Waals surface area contributed by atoms with Crippen molar-refractivity contribution in [2.24, 2.45) is 5.41 Å². The summed E-state index contributed by atoms with van der Waals surface area (Å²) in [6.45, 7) is 5.92. The monoisotopic (exact) mass is 313 g/mol. The van der Waals surface area contributed by atoms with Crippen LogP contribution in [0.5, 0.6) is 0 Å². The lowest BCUT2D eigenvalue weighted by atomic mass is 9.88. The van der Waals surface area contributed by atoms with Crippen molar-refractivity contribution in [2.45, 2.75) is 46.1 Å². The maximum Gasteiger partial charge on any atom is 0.326 e. The molecule has 2 N–H and O–H groups in total. The highest BCUT2D eigenvalue weighted by Crippen LogP contribution is 2.21. The van der Waals surface area contributed by atoms with Crippen molar-refractivity contribution in [3.8, 4) is 0 Å². The maximum absolute atomic E-state index is 13.5. The van der Waals surface area contributed by atoms with Gasteiger partial charge in [0.15, 0.2) is 0 Å². The van der Waals surface area contributed by atoms with Crippen LogP contribution < -0.4 is 5.32 Å². The molecule has 1 unspecified atom stereocenters. The van der Waals surface area contributed by atoms with Gasteiger partial charge in [0.1, 0.15) is 17.7 Å². The third-order valence-electron chi connectivity index (χ3n) is 3.18. The molecule has 1 amide bonds. The number of nitrogens with one attached hydrogen (secondary N) is 1. The number of aliphatic carboxylic acids is 1. The first-order valence-corrected chi connectivity index (χ1v) is 7.04. The molecule has 1 aromatic rings. The number of halogens is 2. The maximum atomic E-state index is 13.5. The molecule has 0 radical (unpaired) electrons. The second kappa shape index (κ2) is 7.33. The normalized spacial score (nSPS) is 12.8. The molecule has 22 heavy (non-hydrogen) atoms. The van der Waals surface area contributed by atoms with Crippen LogP contribution in [0.2, 0.25) is 0 Å². The van der Waals surface area contributed by atoms with Gasteiger partial charge in [0.2, 0.25) is 5.91 Å². The summed E-state index contributed by atoms with van der Waals surface area (Å²) in [4.78, 5) is 23.0. The topological polar surface area (TPSA) is 66.4 Å². The minimum atomic E-state index is -1.13. The molecule has 4 nitrogen and oxygen atoms in total. The number of rotatable bonds is 6. The molecule has 0 fully saturated rings. The van der Waals surface area contributed by atoms with Crippen LogP contribution in [0.4, 0.5) is 8.78 Å². The van der Waals surface area contributed by atoms with Crippen LogP contribution in [0.1, 0.15) is 39.2 Å². The highest BCUT2D eigenvalue weighted by Gasteiger charge is 2.23. The van der Waals surface area contributed by atoms with Gasteiger partial charge in [-0.1, -0.05) is 26.8 Å². The van der Waals surface area contributed by atoms with E-state index in [1.165, 1.54) is 6.07 Å². The standard InChI is InChI=1S/C16H21F2NO3/c1-16(2,3)7-6-13(15(21)22)19-14(20)8-10-4-5-11(17)9-12(10)18/h4-5,9,13H,6-8H2,1-3H3,(H,19,20)(H,21,22). The minimum Gasteiger partial charge on any atom is -0.480 e. The Labute approximate surface area is 128 Å². The Hall–Kier alpha value is -1.98. The van der Waals surface area contributed by atoms with Crippen molar-refractivity contribution in [1.82, 2.24) is 5.32 Å². The summed E-state index contributed by atoms with van der Waals surface area (Å²) in [6, 6.07) is 1.90. The summed E-state index contributed by atoms with van der Waals surface area (Å²) in [6.07, 6.45) is 0.580. The molecule has 0 spiro atoms. The highest BCUT2D eigenvalue weighted by molar-refractivity contribution is 5.84. The van der Waals surface area contributed by atoms with E-state index in [1.807, 2.05) is 20.8 Å². The Bertz CT molecular complexity index is 553. The van der Waals surface area contributed by atoms with Gasteiger partial charge < -0.3 is 10.4 Å². The van der Waals surface area contributed by atoms with Crippen molar-refractivity contribution in [3.05, 3.63) is 35.4 Å². The molecule has 0 aliphatic carbocycles. The predicted molar refractivity (Wildman–Crippen MR) is 78.3 cm³/mol. The Balaban J connectivity index is 2.65. The Morgan fingerprint density at radius 3 is 2.41 bits per heavy atom. The lowest BCUT2D eigenvalue weighted by molar-refractivity contribution is -0.142. The Morgan fingerprint density at radius 2 is 1.91 bits per heavy atom. The smallest absolute Gasteiger partial charge is 0.326 e. The molecule has 1 aromatic carbocycles. The Kier molecular flexibility index (Phi) is 6.02. The SMILES string of the molecule is CC(C)(C)CCC(NC(=O)Cc1ccc(F)cc1F)C(=O)O. The molecule has 0 saturated carbocycles. The van der Waals surface area contributed by atoms with Crippen molar-refractivity contribution < 1.29 is 23.5 Å². The molecule has 122 valence electrons. The number of amides is 1. The van der Waals surface area contributed by atoms with E-state index < -0.39 is 29.6 Å². The number of carboxylic acid groups (broad SMARTS) is 1. The van der Waals surface area contributed by atoms with Crippen molar-refractivity contribution in [2.75, 3.05) is 0 Å². The number of benzene rings is 1. The third kappa shape index (κ3) is 6.20. The number of hydrogen-bond donors (Lipinski definition) is 2. The summed E-state index contributed by atoms with van der Waals surface area (Å²) in [5.41, 5.74) is -0.0274. The predicted octanol–water partition coefficient (Wildman–Crippen LogP) is 2.90. The van der Waals surface area contributed by atoms with Crippen LogP contribution in [0.25, 0.3) is 0 Å². The van der Waals surface area contributed by atoms with E-state index in [9.17, 15) is 18.4 Å². The molecular formula is C16H21F2NO3. The summed E-state index contributed by atoms with van der Waals surface area (Å²) < 4.78 is 26.3. The first-order valence-electron chi connectivity index (χ1n) is 7.04. The lowest BCUT2D eigenvalue weighted by Gasteiger charge is -2.21. The van der Waals surface area contributed by atoms with E-state index in [1.54, 1.807) is 0 Å². The zero-order valence-electron chi connectivity index (χ0n) is 13.0. The molecular weight excluding hydrogens is 292 g/mol. The van der Waals surface area contributed by atoms with Crippen LogP contribution in [0.15, 0.2) is 18.2 Å². The number of carbonyl (C=O) groups is 2. The molecule has 0 aliphatic heterocycles. The lowest BCUT2D eigenvalue weighted by Crippen LogP contribution is -2.42. The van der Waals surface area contributed by atoms with Gasteiger partial charge in [0, 0.05) is 6.07 Å². The largest absolute Gasteiger partial charge is 0.480 e. The van der Waals surface area contributed by atoms with E-state index in [4.69, 9.17) is 5.11 Å². The first kappa shape index (κ1) is 18.1. The second-order valence-corrected chi connectivity index (χ2v) is 6.47. The molecule has 0 aliphatic rings. The van der Waals surface area contributed by atoms with Gasteiger partial charge >= 0.3 is 5.97 Å². The van der Waals surface area contributed by atoms with E-state index in [0.717, 1.165) is 6.07 Å². The van der Waals surface area contributed by atoms with Gasteiger partial charge in [-0.25, -0.2) is 13.6 Å². The number of carbonyl (C=O) groups excluding carboxylic acids is 1. The molecule has 0 aromatic heterocycles. The molecule has 1 rings (SSSR count). The number of hydrogen-bond acceptors (Lipinski definition) is 2. The van der Waals surface area contributed by atoms with Crippen LogP contribution in [0.3, 0.4) is 0 Å². The van der Waals surface area contributed by atoms with Crippen LogP contribution in [-0.4, -0.2) is 23.0 Å². The molecule has 6 heteroatoms. The third-order valence-corrected chi connectivity index (χ3v) is 3.18. The summed E-state index contributed by atoms with van der Waals surface area (Å²) >= 11 is 0. The summed E-state index contributed by atoms with van der Waals surface area (Å²) in [5.74, 6) is -3.28. The first-order chi connectivity index (χ1) is 10.1.